The maximum Gasteiger partial charge on any atom is 0.136 e. The van der Waals surface area contributed by atoms with Crippen LogP contribution in [0.3, 0.4) is 0 Å². The van der Waals surface area contributed by atoms with E-state index >= 15 is 0 Å². The monoisotopic (exact) mass is 299 g/mol. The number of hydrogen-bond donors (Lipinski definition) is 0. The van der Waals surface area contributed by atoms with Gasteiger partial charge in [-0.05, 0) is 30.3 Å². The Morgan fingerprint density at radius 1 is 1.17 bits per heavy atom. The molecule has 2 heterocycles. The van der Waals surface area contributed by atoms with E-state index in [1.807, 2.05) is 6.07 Å². The molecule has 0 fully saturated rings. The quantitative estimate of drug-likeness (QED) is 0.790. The van der Waals surface area contributed by atoms with E-state index < -0.39 is 0 Å². The number of nitrogens with zero attached hydrogens (tertiary/aromatic N) is 3. The fraction of sp³-hybridized carbons (Fsp3) is 0.250. The molecular formula is C12H11Cl2N3S. The van der Waals surface area contributed by atoms with Gasteiger partial charge < -0.3 is 0 Å². The first kappa shape index (κ1) is 13.6. The van der Waals surface area contributed by atoms with Gasteiger partial charge in [0.1, 0.15) is 21.5 Å². The van der Waals surface area contributed by atoms with Crippen molar-refractivity contribution >= 4 is 35.0 Å². The van der Waals surface area contributed by atoms with Crippen LogP contribution in [0.15, 0.2) is 34.7 Å². The highest BCUT2D eigenvalue weighted by Crippen LogP contribution is 2.30. The van der Waals surface area contributed by atoms with Crippen LogP contribution in [0, 0.1) is 0 Å². The van der Waals surface area contributed by atoms with Crippen LogP contribution < -0.4 is 0 Å². The summed E-state index contributed by atoms with van der Waals surface area (Å²) in [5, 5.41) is 2.83. The van der Waals surface area contributed by atoms with Gasteiger partial charge >= 0.3 is 0 Å². The van der Waals surface area contributed by atoms with Crippen molar-refractivity contribution in [2.45, 2.75) is 29.8 Å². The second-order valence-corrected chi connectivity index (χ2v) is 5.42. The van der Waals surface area contributed by atoms with Gasteiger partial charge in [-0.1, -0.05) is 36.5 Å². The second kappa shape index (κ2) is 6.36. The molecule has 0 bridgehead atoms. The van der Waals surface area contributed by atoms with Crippen molar-refractivity contribution in [3.63, 3.8) is 0 Å². The third-order valence-corrected chi connectivity index (χ3v) is 3.80. The molecule has 0 atom stereocenters. The molecule has 2 rings (SSSR count). The smallest absolute Gasteiger partial charge is 0.136 e. The highest BCUT2D eigenvalue weighted by Gasteiger charge is 2.11. The maximum atomic E-state index is 6.09. The molecule has 0 aliphatic heterocycles. The molecule has 0 saturated carbocycles. The summed E-state index contributed by atoms with van der Waals surface area (Å²) >= 11 is 13.4. The van der Waals surface area contributed by atoms with Gasteiger partial charge in [-0.2, -0.15) is 0 Å². The van der Waals surface area contributed by atoms with Gasteiger partial charge in [0.2, 0.25) is 0 Å². The summed E-state index contributed by atoms with van der Waals surface area (Å²) < 4.78 is 0. The summed E-state index contributed by atoms with van der Waals surface area (Å²) in [6.45, 7) is 2.10. The molecule has 0 amide bonds. The number of halogens is 2. The number of rotatable bonds is 4. The molecule has 6 heteroatoms. The topological polar surface area (TPSA) is 38.7 Å². The van der Waals surface area contributed by atoms with Gasteiger partial charge in [-0.25, -0.2) is 15.0 Å². The molecule has 0 N–H and O–H groups in total. The molecule has 0 aliphatic carbocycles. The van der Waals surface area contributed by atoms with E-state index in [0.29, 0.717) is 10.2 Å². The van der Waals surface area contributed by atoms with Crippen molar-refractivity contribution < 1.29 is 0 Å². The van der Waals surface area contributed by atoms with Gasteiger partial charge in [-0.15, -0.1) is 0 Å². The Morgan fingerprint density at radius 2 is 2.00 bits per heavy atom. The zero-order chi connectivity index (χ0) is 13.0. The Morgan fingerprint density at radius 3 is 2.67 bits per heavy atom. The Balaban J connectivity index is 2.28. The second-order valence-electron chi connectivity index (χ2n) is 3.61. The zero-order valence-corrected chi connectivity index (χ0v) is 12.1. The zero-order valence-electron chi connectivity index (χ0n) is 9.73. The molecule has 18 heavy (non-hydrogen) atoms. The van der Waals surface area contributed by atoms with Crippen LogP contribution in [-0.2, 0) is 6.42 Å². The standard InChI is InChI=1S/C12H11Cl2N3S/c1-2-3-9-11(14)16-7-17-12(9)18-10-5-4-8(13)6-15-10/h4-7H,2-3H2,1H3. The Kier molecular flexibility index (Phi) is 4.80. The highest BCUT2D eigenvalue weighted by molar-refractivity contribution is 7.99. The van der Waals surface area contributed by atoms with E-state index in [1.165, 1.54) is 18.1 Å². The minimum absolute atomic E-state index is 0.517. The van der Waals surface area contributed by atoms with Crippen LogP contribution in [0.1, 0.15) is 18.9 Å². The predicted octanol–water partition coefficient (Wildman–Crippen LogP) is 4.28. The fourth-order valence-electron chi connectivity index (χ4n) is 1.45. The summed E-state index contributed by atoms with van der Waals surface area (Å²) in [4.78, 5) is 12.5. The SMILES string of the molecule is CCCc1c(Cl)ncnc1Sc1ccc(Cl)cn1. The van der Waals surface area contributed by atoms with Crippen molar-refractivity contribution in [2.24, 2.45) is 0 Å². The van der Waals surface area contributed by atoms with Crippen molar-refractivity contribution in [1.29, 1.82) is 0 Å². The van der Waals surface area contributed by atoms with Crippen molar-refractivity contribution in [3.8, 4) is 0 Å². The van der Waals surface area contributed by atoms with E-state index in [9.17, 15) is 0 Å². The Hall–Kier alpha value is -0.840. The van der Waals surface area contributed by atoms with Crippen LogP contribution in [0.5, 0.6) is 0 Å². The third kappa shape index (κ3) is 3.34. The molecule has 0 radical (unpaired) electrons. The lowest BCUT2D eigenvalue weighted by Gasteiger charge is -2.07. The van der Waals surface area contributed by atoms with Crippen LogP contribution in [0.25, 0.3) is 0 Å². The van der Waals surface area contributed by atoms with Gasteiger partial charge in [0, 0.05) is 11.8 Å². The van der Waals surface area contributed by atoms with Gasteiger partial charge in [0.15, 0.2) is 0 Å². The highest BCUT2D eigenvalue weighted by atomic mass is 35.5. The van der Waals surface area contributed by atoms with Gasteiger partial charge in [-0.3, -0.25) is 0 Å². The fourth-order valence-corrected chi connectivity index (χ4v) is 2.70. The van der Waals surface area contributed by atoms with Crippen LogP contribution in [0.4, 0.5) is 0 Å². The Labute approximate surface area is 120 Å². The lowest BCUT2D eigenvalue weighted by molar-refractivity contribution is 0.855. The third-order valence-electron chi connectivity index (χ3n) is 2.25. The number of pyridine rings is 1. The van der Waals surface area contributed by atoms with E-state index in [0.717, 1.165) is 28.5 Å². The van der Waals surface area contributed by atoms with Crippen molar-refractivity contribution in [1.82, 2.24) is 15.0 Å². The summed E-state index contributed by atoms with van der Waals surface area (Å²) in [6, 6.07) is 3.66. The summed E-state index contributed by atoms with van der Waals surface area (Å²) in [5.74, 6) is 0. The van der Waals surface area contributed by atoms with E-state index in [4.69, 9.17) is 23.2 Å². The minimum Gasteiger partial charge on any atom is -0.248 e. The predicted molar refractivity (Wildman–Crippen MR) is 74.4 cm³/mol. The average Bonchev–Trinajstić information content (AvgIpc) is 2.36. The largest absolute Gasteiger partial charge is 0.248 e. The summed E-state index contributed by atoms with van der Waals surface area (Å²) in [5.41, 5.74) is 0.975. The van der Waals surface area contributed by atoms with Crippen molar-refractivity contribution in [2.75, 3.05) is 0 Å². The lowest BCUT2D eigenvalue weighted by Crippen LogP contribution is -1.95. The summed E-state index contributed by atoms with van der Waals surface area (Å²) in [6.07, 6.45) is 4.94. The van der Waals surface area contributed by atoms with E-state index in [-0.39, 0.29) is 0 Å². The van der Waals surface area contributed by atoms with Crippen LogP contribution in [-0.4, -0.2) is 15.0 Å². The first-order valence-corrected chi connectivity index (χ1v) is 7.06. The molecular weight excluding hydrogens is 289 g/mol. The molecule has 2 aromatic rings. The normalized spacial score (nSPS) is 10.6. The first-order valence-electron chi connectivity index (χ1n) is 5.49. The molecule has 0 unspecified atom stereocenters. The number of hydrogen-bond acceptors (Lipinski definition) is 4. The van der Waals surface area contributed by atoms with Gasteiger partial charge in [0.05, 0.1) is 5.02 Å². The molecule has 3 nitrogen and oxygen atoms in total. The Bertz CT molecular complexity index is 531. The van der Waals surface area contributed by atoms with E-state index in [2.05, 4.69) is 21.9 Å². The molecule has 94 valence electrons. The lowest BCUT2D eigenvalue weighted by atomic mass is 10.2. The molecule has 2 aromatic heterocycles. The number of aromatic nitrogens is 3. The molecule has 0 spiro atoms. The molecule has 0 saturated heterocycles. The van der Waals surface area contributed by atoms with E-state index in [1.54, 1.807) is 12.3 Å². The van der Waals surface area contributed by atoms with Crippen LogP contribution >= 0.6 is 35.0 Å². The minimum atomic E-state index is 0.517. The average molecular weight is 300 g/mol. The van der Waals surface area contributed by atoms with Crippen LogP contribution in [0.2, 0.25) is 10.2 Å². The molecule has 0 aromatic carbocycles. The molecule has 0 aliphatic rings. The summed E-state index contributed by atoms with van der Waals surface area (Å²) in [7, 11) is 0. The maximum absolute atomic E-state index is 6.09. The van der Waals surface area contributed by atoms with Crippen molar-refractivity contribution in [3.05, 3.63) is 40.4 Å². The first-order chi connectivity index (χ1) is 8.70. The van der Waals surface area contributed by atoms with Gasteiger partial charge in [0.25, 0.3) is 0 Å².